The summed E-state index contributed by atoms with van der Waals surface area (Å²) < 4.78 is 5.37. The smallest absolute Gasteiger partial charge is 0.248 e. The molecule has 1 saturated heterocycles. The van der Waals surface area contributed by atoms with Crippen LogP contribution in [-0.2, 0) is 22.5 Å². The molecule has 0 radical (unpaired) electrons. The fourth-order valence-electron chi connectivity index (χ4n) is 6.50. The summed E-state index contributed by atoms with van der Waals surface area (Å²) in [5.41, 5.74) is 18.3. The van der Waals surface area contributed by atoms with Gasteiger partial charge in [0.1, 0.15) is 5.52 Å². The van der Waals surface area contributed by atoms with E-state index >= 15 is 0 Å². The molecule has 1 fully saturated rings. The standard InChI is InChI=1S/C33H38N6O3/c1-18-11-22(13-23-16-39(8-5-25(18)23)9-6-29(40)37-24-7-10-42-17-24)28-15-36-33-31(38-28)27(14-35-33)30-19(2)12-26(32(34)41)20(3)21(30)4/h11-15,24H,5-10,16-17H2,1-4H3,(H2,34,41)(H,35,36)(H,37,40). The number of hydrogen-bond acceptors (Lipinski definition) is 6. The normalized spacial score (nSPS) is 17.0. The highest BCUT2D eigenvalue weighted by Gasteiger charge is 2.23. The minimum Gasteiger partial charge on any atom is -0.379 e. The third-order valence-corrected chi connectivity index (χ3v) is 8.90. The number of benzene rings is 2. The van der Waals surface area contributed by atoms with Crippen LogP contribution in [0.15, 0.2) is 30.6 Å². The zero-order valence-electron chi connectivity index (χ0n) is 24.8. The van der Waals surface area contributed by atoms with Crippen LogP contribution in [0.2, 0.25) is 0 Å². The minimum atomic E-state index is -0.421. The van der Waals surface area contributed by atoms with Gasteiger partial charge in [-0.25, -0.2) is 9.97 Å². The first-order valence-electron chi connectivity index (χ1n) is 14.7. The molecule has 218 valence electrons. The van der Waals surface area contributed by atoms with Crippen molar-refractivity contribution < 1.29 is 14.3 Å². The van der Waals surface area contributed by atoms with E-state index in [4.69, 9.17) is 20.4 Å². The van der Waals surface area contributed by atoms with E-state index in [-0.39, 0.29) is 11.9 Å². The molecule has 2 aromatic carbocycles. The van der Waals surface area contributed by atoms with Gasteiger partial charge in [-0.2, -0.15) is 0 Å². The van der Waals surface area contributed by atoms with E-state index in [0.29, 0.717) is 24.2 Å². The van der Waals surface area contributed by atoms with Gasteiger partial charge >= 0.3 is 0 Å². The molecule has 6 rings (SSSR count). The number of aromatic nitrogens is 3. The van der Waals surface area contributed by atoms with Crippen LogP contribution in [0, 0.1) is 27.7 Å². The molecule has 4 heterocycles. The van der Waals surface area contributed by atoms with Gasteiger partial charge in [-0.1, -0.05) is 0 Å². The molecule has 2 aromatic heterocycles. The summed E-state index contributed by atoms with van der Waals surface area (Å²) in [7, 11) is 0. The zero-order valence-corrected chi connectivity index (χ0v) is 24.8. The summed E-state index contributed by atoms with van der Waals surface area (Å²) in [4.78, 5) is 39.9. The molecular formula is C33H38N6O3. The molecule has 9 heteroatoms. The molecule has 0 aliphatic carbocycles. The number of aromatic amines is 1. The quantitative estimate of drug-likeness (QED) is 0.307. The van der Waals surface area contributed by atoms with Crippen molar-refractivity contribution >= 4 is 23.0 Å². The Bertz CT molecular complexity index is 1700. The highest BCUT2D eigenvalue weighted by molar-refractivity contribution is 5.99. The molecule has 0 bridgehead atoms. The van der Waals surface area contributed by atoms with Crippen molar-refractivity contribution in [3.63, 3.8) is 0 Å². The highest BCUT2D eigenvalue weighted by atomic mass is 16.5. The maximum Gasteiger partial charge on any atom is 0.248 e. The number of fused-ring (bicyclic) bond motifs is 2. The molecule has 1 unspecified atom stereocenters. The van der Waals surface area contributed by atoms with Gasteiger partial charge in [0.15, 0.2) is 5.65 Å². The molecule has 42 heavy (non-hydrogen) atoms. The summed E-state index contributed by atoms with van der Waals surface area (Å²) in [5, 5.41) is 3.09. The van der Waals surface area contributed by atoms with Crippen molar-refractivity contribution in [1.82, 2.24) is 25.2 Å². The van der Waals surface area contributed by atoms with Crippen molar-refractivity contribution in [2.75, 3.05) is 26.3 Å². The second-order valence-corrected chi connectivity index (χ2v) is 11.7. The number of hydrogen-bond donors (Lipinski definition) is 3. The lowest BCUT2D eigenvalue weighted by Gasteiger charge is -2.30. The van der Waals surface area contributed by atoms with E-state index in [2.05, 4.69) is 34.3 Å². The maximum absolute atomic E-state index is 12.5. The van der Waals surface area contributed by atoms with Gasteiger partial charge in [0.25, 0.3) is 0 Å². The van der Waals surface area contributed by atoms with Crippen molar-refractivity contribution in [2.45, 2.75) is 59.5 Å². The van der Waals surface area contributed by atoms with Crippen LogP contribution < -0.4 is 11.1 Å². The van der Waals surface area contributed by atoms with Crippen LogP contribution >= 0.6 is 0 Å². The number of nitrogens with one attached hydrogen (secondary N) is 2. The van der Waals surface area contributed by atoms with Gasteiger partial charge in [-0.15, -0.1) is 0 Å². The Kier molecular flexibility index (Phi) is 7.55. The van der Waals surface area contributed by atoms with Crippen molar-refractivity contribution in [1.29, 1.82) is 0 Å². The Morgan fingerprint density at radius 1 is 1.14 bits per heavy atom. The lowest BCUT2D eigenvalue weighted by molar-refractivity contribution is -0.122. The molecule has 9 nitrogen and oxygen atoms in total. The van der Waals surface area contributed by atoms with Crippen LogP contribution in [0.25, 0.3) is 33.5 Å². The third kappa shape index (κ3) is 5.30. The lowest BCUT2D eigenvalue weighted by Crippen LogP contribution is -2.38. The zero-order chi connectivity index (χ0) is 29.5. The average molecular weight is 567 g/mol. The predicted molar refractivity (Wildman–Crippen MR) is 163 cm³/mol. The van der Waals surface area contributed by atoms with Gasteiger partial charge in [-0.3, -0.25) is 14.5 Å². The largest absolute Gasteiger partial charge is 0.379 e. The summed E-state index contributed by atoms with van der Waals surface area (Å²) >= 11 is 0. The van der Waals surface area contributed by atoms with Crippen LogP contribution in [0.5, 0.6) is 0 Å². The maximum atomic E-state index is 12.5. The van der Waals surface area contributed by atoms with E-state index in [1.54, 1.807) is 0 Å². The molecule has 4 N–H and O–H groups in total. The highest BCUT2D eigenvalue weighted by Crippen LogP contribution is 2.36. The van der Waals surface area contributed by atoms with Crippen LogP contribution in [-0.4, -0.2) is 64.0 Å². The topological polar surface area (TPSA) is 126 Å². The van der Waals surface area contributed by atoms with Gasteiger partial charge in [0.05, 0.1) is 24.5 Å². The lowest BCUT2D eigenvalue weighted by atomic mass is 9.90. The van der Waals surface area contributed by atoms with E-state index in [9.17, 15) is 9.59 Å². The number of nitrogens with two attached hydrogens (primary N) is 1. The Labute approximate surface area is 245 Å². The predicted octanol–water partition coefficient (Wildman–Crippen LogP) is 4.28. The molecule has 0 spiro atoms. The van der Waals surface area contributed by atoms with Crippen molar-refractivity contribution in [3.05, 3.63) is 69.5 Å². The molecule has 1 atom stereocenters. The monoisotopic (exact) mass is 566 g/mol. The first kappa shape index (κ1) is 28.1. The van der Waals surface area contributed by atoms with Crippen LogP contribution in [0.3, 0.4) is 0 Å². The number of carbonyl (C=O) groups excluding carboxylic acids is 2. The Morgan fingerprint density at radius 3 is 2.74 bits per heavy atom. The van der Waals surface area contributed by atoms with E-state index in [0.717, 1.165) is 83.7 Å². The summed E-state index contributed by atoms with van der Waals surface area (Å²) in [6.45, 7) is 11.9. The molecule has 0 saturated carbocycles. The average Bonchev–Trinajstić information content (AvgIpc) is 3.63. The fraction of sp³-hybridized carbons (Fsp3) is 0.394. The van der Waals surface area contributed by atoms with Crippen molar-refractivity contribution in [3.8, 4) is 22.4 Å². The van der Waals surface area contributed by atoms with E-state index in [1.165, 1.54) is 16.7 Å². The second-order valence-electron chi connectivity index (χ2n) is 11.7. The molecule has 2 amide bonds. The van der Waals surface area contributed by atoms with E-state index in [1.807, 2.05) is 39.2 Å². The summed E-state index contributed by atoms with van der Waals surface area (Å²) in [6.07, 6.45) is 6.11. The van der Waals surface area contributed by atoms with Gasteiger partial charge in [-0.05, 0) is 97.7 Å². The SMILES string of the molecule is Cc1cc(-c2cnc3[nH]cc(-c4c(C)cc(C(N)=O)c(C)c4C)c3n2)cc2c1CCN(CCC(=O)NC1CCOC1)C2. The third-order valence-electron chi connectivity index (χ3n) is 8.90. The molecule has 2 aliphatic heterocycles. The molecular weight excluding hydrogens is 528 g/mol. The van der Waals surface area contributed by atoms with Crippen LogP contribution in [0.4, 0.5) is 0 Å². The number of nitrogens with zero attached hydrogens (tertiary/aromatic N) is 3. The first-order valence-corrected chi connectivity index (χ1v) is 14.7. The Morgan fingerprint density at radius 2 is 1.98 bits per heavy atom. The van der Waals surface area contributed by atoms with Crippen molar-refractivity contribution in [2.24, 2.45) is 5.73 Å². The molecule has 4 aromatic rings. The van der Waals surface area contributed by atoms with Gasteiger partial charge < -0.3 is 20.8 Å². The first-order chi connectivity index (χ1) is 20.2. The second kappa shape index (κ2) is 11.3. The number of ether oxygens (including phenoxy) is 1. The summed E-state index contributed by atoms with van der Waals surface area (Å²) in [6, 6.07) is 6.45. The number of amides is 2. The minimum absolute atomic E-state index is 0.0945. The van der Waals surface area contributed by atoms with Gasteiger partial charge in [0, 0.05) is 55.5 Å². The number of rotatable bonds is 7. The number of carbonyl (C=O) groups is 2. The van der Waals surface area contributed by atoms with E-state index < -0.39 is 5.91 Å². The summed E-state index contributed by atoms with van der Waals surface area (Å²) in [5.74, 6) is -0.327. The Balaban J connectivity index is 1.27. The van der Waals surface area contributed by atoms with Crippen LogP contribution in [0.1, 0.15) is 56.6 Å². The Hall–Kier alpha value is -4.08. The number of primary amides is 1. The number of aryl methyl sites for hydroxylation is 2. The number of H-pyrrole nitrogens is 1. The molecule has 2 aliphatic rings. The fourth-order valence-corrected chi connectivity index (χ4v) is 6.50. The van der Waals surface area contributed by atoms with Gasteiger partial charge in [0.2, 0.25) is 11.8 Å².